The third kappa shape index (κ3) is 4.31. The fraction of sp³-hybridized carbons (Fsp3) is 0.421. The van der Waals surface area contributed by atoms with Crippen LogP contribution in [-0.4, -0.2) is 35.5 Å². The number of nitrogens with one attached hydrogen (secondary N) is 1. The molecule has 1 atom stereocenters. The van der Waals surface area contributed by atoms with E-state index in [2.05, 4.69) is 39.2 Å². The van der Waals surface area contributed by atoms with Gasteiger partial charge in [-0.05, 0) is 30.7 Å². The van der Waals surface area contributed by atoms with Crippen LogP contribution in [0.1, 0.15) is 35.7 Å². The first-order valence-corrected chi connectivity index (χ1v) is 8.61. The number of carbonyl (C=O) groups is 1. The third-order valence-corrected chi connectivity index (χ3v) is 4.38. The van der Waals surface area contributed by atoms with Crippen LogP contribution in [0.25, 0.3) is 0 Å². The summed E-state index contributed by atoms with van der Waals surface area (Å²) in [6.45, 7) is 4.84. The average molecular weight is 324 g/mol. The van der Waals surface area contributed by atoms with Crippen molar-refractivity contribution < 1.29 is 4.79 Å². The Morgan fingerprint density at radius 3 is 2.71 bits per heavy atom. The molecule has 1 saturated heterocycles. The summed E-state index contributed by atoms with van der Waals surface area (Å²) in [7, 11) is 0. The van der Waals surface area contributed by atoms with Crippen LogP contribution < -0.4 is 10.2 Å². The number of amides is 1. The summed E-state index contributed by atoms with van der Waals surface area (Å²) < 4.78 is 0. The number of anilines is 1. The number of carbonyl (C=O) groups excluding carboxylic acids is 1. The van der Waals surface area contributed by atoms with Gasteiger partial charge in [-0.1, -0.05) is 37.3 Å². The summed E-state index contributed by atoms with van der Waals surface area (Å²) >= 11 is 0. The zero-order chi connectivity index (χ0) is 16.8. The first-order chi connectivity index (χ1) is 11.7. The molecule has 0 spiro atoms. The smallest absolute Gasteiger partial charge is 0.254 e. The van der Waals surface area contributed by atoms with E-state index >= 15 is 0 Å². The van der Waals surface area contributed by atoms with Crippen LogP contribution in [0.5, 0.6) is 0 Å². The normalized spacial score (nSPS) is 17.5. The van der Waals surface area contributed by atoms with E-state index in [4.69, 9.17) is 0 Å². The van der Waals surface area contributed by atoms with Gasteiger partial charge in [0, 0.05) is 32.0 Å². The standard InChI is InChI=1S/C19H24N4O/c1-15-6-5-11-23(14-15)19-21-12-17(13-22-19)18(24)20-10-9-16-7-3-2-4-8-16/h2-4,7-8,12-13,15H,5-6,9-11,14H2,1H3,(H,20,24). The van der Waals surface area contributed by atoms with Gasteiger partial charge in [0.15, 0.2) is 0 Å². The van der Waals surface area contributed by atoms with Crippen LogP contribution in [0.2, 0.25) is 0 Å². The first-order valence-electron chi connectivity index (χ1n) is 8.61. The molecule has 1 aromatic heterocycles. The predicted octanol–water partition coefficient (Wildman–Crippen LogP) is 2.69. The predicted molar refractivity (Wildman–Crippen MR) is 95.1 cm³/mol. The highest BCUT2D eigenvalue weighted by molar-refractivity contribution is 5.93. The van der Waals surface area contributed by atoms with Crippen molar-refractivity contribution in [1.82, 2.24) is 15.3 Å². The van der Waals surface area contributed by atoms with Crippen LogP contribution in [0.4, 0.5) is 5.95 Å². The van der Waals surface area contributed by atoms with Crippen LogP contribution in [0, 0.1) is 5.92 Å². The third-order valence-electron chi connectivity index (χ3n) is 4.38. The Morgan fingerprint density at radius 1 is 1.25 bits per heavy atom. The molecule has 0 radical (unpaired) electrons. The van der Waals surface area contributed by atoms with E-state index in [9.17, 15) is 4.79 Å². The number of hydrogen-bond acceptors (Lipinski definition) is 4. The highest BCUT2D eigenvalue weighted by Gasteiger charge is 2.18. The summed E-state index contributed by atoms with van der Waals surface area (Å²) in [5, 5.41) is 2.92. The van der Waals surface area contributed by atoms with Crippen LogP contribution >= 0.6 is 0 Å². The largest absolute Gasteiger partial charge is 0.352 e. The molecule has 5 nitrogen and oxygen atoms in total. The van der Waals surface area contributed by atoms with Gasteiger partial charge in [-0.2, -0.15) is 0 Å². The monoisotopic (exact) mass is 324 g/mol. The maximum atomic E-state index is 12.2. The lowest BCUT2D eigenvalue weighted by Crippen LogP contribution is -2.35. The van der Waals surface area contributed by atoms with Crippen LogP contribution in [-0.2, 0) is 6.42 Å². The lowest BCUT2D eigenvalue weighted by molar-refractivity contribution is 0.0953. The number of benzene rings is 1. The Balaban J connectivity index is 1.52. The van der Waals surface area contributed by atoms with Crippen molar-refractivity contribution in [3.63, 3.8) is 0 Å². The molecule has 24 heavy (non-hydrogen) atoms. The van der Waals surface area contributed by atoms with Crippen molar-refractivity contribution in [2.24, 2.45) is 5.92 Å². The van der Waals surface area contributed by atoms with E-state index in [1.165, 1.54) is 18.4 Å². The zero-order valence-corrected chi connectivity index (χ0v) is 14.1. The molecular weight excluding hydrogens is 300 g/mol. The topological polar surface area (TPSA) is 58.1 Å². The maximum absolute atomic E-state index is 12.2. The van der Waals surface area contributed by atoms with Crippen molar-refractivity contribution in [3.8, 4) is 0 Å². The average Bonchev–Trinajstić information content (AvgIpc) is 2.63. The number of piperidine rings is 1. The van der Waals surface area contributed by atoms with Gasteiger partial charge in [-0.25, -0.2) is 9.97 Å². The minimum absolute atomic E-state index is 0.121. The second-order valence-electron chi connectivity index (χ2n) is 6.46. The van der Waals surface area contributed by atoms with E-state index in [0.717, 1.165) is 25.5 Å². The Labute approximate surface area is 143 Å². The van der Waals surface area contributed by atoms with E-state index in [0.29, 0.717) is 18.0 Å². The van der Waals surface area contributed by atoms with E-state index in [-0.39, 0.29) is 5.91 Å². The summed E-state index contributed by atoms with van der Waals surface area (Å²) in [5.74, 6) is 1.27. The number of nitrogens with zero attached hydrogens (tertiary/aromatic N) is 3. The molecular formula is C19H24N4O. The SMILES string of the molecule is CC1CCCN(c2ncc(C(=O)NCCc3ccccc3)cn2)C1. The first kappa shape index (κ1) is 16.4. The molecule has 1 amide bonds. The molecule has 1 unspecified atom stereocenters. The second-order valence-corrected chi connectivity index (χ2v) is 6.46. The van der Waals surface area contributed by atoms with Gasteiger partial charge < -0.3 is 10.2 Å². The minimum Gasteiger partial charge on any atom is -0.352 e. The van der Waals surface area contributed by atoms with Gasteiger partial charge in [-0.3, -0.25) is 4.79 Å². The fourth-order valence-electron chi connectivity index (χ4n) is 3.04. The zero-order valence-electron chi connectivity index (χ0n) is 14.1. The summed E-state index contributed by atoms with van der Waals surface area (Å²) in [5.41, 5.74) is 1.72. The number of rotatable bonds is 5. The molecule has 2 aromatic rings. The van der Waals surface area contributed by atoms with Gasteiger partial charge in [0.25, 0.3) is 5.91 Å². The van der Waals surface area contributed by atoms with Crippen molar-refractivity contribution in [3.05, 3.63) is 53.9 Å². The molecule has 0 aliphatic carbocycles. The molecule has 1 N–H and O–H groups in total. The van der Waals surface area contributed by atoms with Gasteiger partial charge in [0.2, 0.25) is 5.95 Å². The number of aromatic nitrogens is 2. The fourth-order valence-corrected chi connectivity index (χ4v) is 3.04. The Kier molecular flexibility index (Phi) is 5.41. The van der Waals surface area contributed by atoms with Gasteiger partial charge in [-0.15, -0.1) is 0 Å². The molecule has 0 bridgehead atoms. The number of hydrogen-bond donors (Lipinski definition) is 1. The van der Waals surface area contributed by atoms with Crippen molar-refractivity contribution in [1.29, 1.82) is 0 Å². The van der Waals surface area contributed by atoms with Crippen molar-refractivity contribution >= 4 is 11.9 Å². The molecule has 1 aliphatic rings. The van der Waals surface area contributed by atoms with Crippen molar-refractivity contribution in [2.45, 2.75) is 26.2 Å². The Bertz CT molecular complexity index is 657. The molecule has 1 aromatic carbocycles. The highest BCUT2D eigenvalue weighted by atomic mass is 16.1. The van der Waals surface area contributed by atoms with E-state index in [1.54, 1.807) is 12.4 Å². The molecule has 1 fully saturated rings. The maximum Gasteiger partial charge on any atom is 0.254 e. The Hall–Kier alpha value is -2.43. The lowest BCUT2D eigenvalue weighted by atomic mass is 10.0. The molecule has 0 saturated carbocycles. The van der Waals surface area contributed by atoms with E-state index in [1.807, 2.05) is 18.2 Å². The van der Waals surface area contributed by atoms with Crippen molar-refractivity contribution in [2.75, 3.05) is 24.5 Å². The second kappa shape index (κ2) is 7.90. The van der Waals surface area contributed by atoms with E-state index < -0.39 is 0 Å². The minimum atomic E-state index is -0.121. The molecule has 5 heteroatoms. The van der Waals surface area contributed by atoms with Gasteiger partial charge in [0.05, 0.1) is 5.56 Å². The quantitative estimate of drug-likeness (QED) is 0.919. The molecule has 126 valence electrons. The molecule has 1 aliphatic heterocycles. The summed E-state index contributed by atoms with van der Waals surface area (Å²) in [4.78, 5) is 23.1. The van der Waals surface area contributed by atoms with Gasteiger partial charge >= 0.3 is 0 Å². The van der Waals surface area contributed by atoms with Crippen LogP contribution in [0.3, 0.4) is 0 Å². The van der Waals surface area contributed by atoms with Crippen LogP contribution in [0.15, 0.2) is 42.7 Å². The lowest BCUT2D eigenvalue weighted by Gasteiger charge is -2.30. The van der Waals surface area contributed by atoms with Gasteiger partial charge in [0.1, 0.15) is 0 Å². The molecule has 2 heterocycles. The highest BCUT2D eigenvalue weighted by Crippen LogP contribution is 2.19. The summed E-state index contributed by atoms with van der Waals surface area (Å²) in [6, 6.07) is 10.1. The Morgan fingerprint density at radius 2 is 2.00 bits per heavy atom. The molecule has 3 rings (SSSR count). The summed E-state index contributed by atoms with van der Waals surface area (Å²) in [6.07, 6.45) is 6.50.